The summed E-state index contributed by atoms with van der Waals surface area (Å²) >= 11 is 0. The number of hydrogen-bond acceptors (Lipinski definition) is 8. The van der Waals surface area contributed by atoms with Crippen molar-refractivity contribution in [1.29, 1.82) is 0 Å². The molecule has 2 rings (SSSR count). The Morgan fingerprint density at radius 2 is 1.90 bits per heavy atom. The van der Waals surface area contributed by atoms with Crippen LogP contribution >= 0.6 is 0 Å². The van der Waals surface area contributed by atoms with Crippen LogP contribution in [0.2, 0.25) is 0 Å². The molecule has 0 amide bonds. The van der Waals surface area contributed by atoms with Crippen LogP contribution in [-0.4, -0.2) is 77.1 Å². The third kappa shape index (κ3) is 2.47. The molecule has 0 aliphatic carbocycles. The molecule has 5 N–H and O–H groups in total. The average Bonchev–Trinajstić information content (AvgIpc) is 2.55. The molecule has 1 aromatic rings. The third-order valence-corrected chi connectivity index (χ3v) is 2.84. The number of nitrogen functional groups attached to an aromatic ring is 1. The van der Waals surface area contributed by atoms with Crippen molar-refractivity contribution in [2.45, 2.75) is 29.9 Å². The van der Waals surface area contributed by atoms with Gasteiger partial charge in [0.05, 0.1) is 5.72 Å². The highest BCUT2D eigenvalue weighted by molar-refractivity contribution is 6.39. The summed E-state index contributed by atoms with van der Waals surface area (Å²) in [7, 11) is 15.9. The second-order valence-corrected chi connectivity index (χ2v) is 4.41. The lowest BCUT2D eigenvalue weighted by molar-refractivity contribution is -0.0758. The van der Waals surface area contributed by atoms with Crippen molar-refractivity contribution in [3.63, 3.8) is 0 Å². The van der Waals surface area contributed by atoms with Gasteiger partial charge in [-0.15, -0.1) is 0 Å². The van der Waals surface area contributed by atoms with Gasteiger partial charge in [-0.25, -0.2) is 9.78 Å². The highest BCUT2D eigenvalue weighted by atomic mass is 16.6. The van der Waals surface area contributed by atoms with E-state index in [4.69, 9.17) is 34.0 Å². The minimum atomic E-state index is -2.43. The number of ether oxygens (including phenoxy) is 1. The number of aliphatic hydroxyl groups is 3. The summed E-state index contributed by atoms with van der Waals surface area (Å²) < 4.78 is 5.76. The Labute approximate surface area is 117 Å². The molecule has 1 fully saturated rings. The van der Waals surface area contributed by atoms with Gasteiger partial charge in [-0.1, -0.05) is 0 Å². The van der Waals surface area contributed by atoms with E-state index in [0.717, 1.165) is 0 Å². The summed E-state index contributed by atoms with van der Waals surface area (Å²) in [5.74, 6) is -0.359. The van der Waals surface area contributed by atoms with Gasteiger partial charge in [0, 0.05) is 5.40 Å². The average molecular weight is 274 g/mol. The first-order valence-electron chi connectivity index (χ1n) is 5.46. The topological polar surface area (TPSA) is 144 Å². The van der Waals surface area contributed by atoms with E-state index in [9.17, 15) is 20.1 Å². The Morgan fingerprint density at radius 3 is 2.35 bits per heavy atom. The number of aliphatic hydroxyl groups excluding tert-OH is 2. The molecule has 1 saturated heterocycles. The first-order valence-corrected chi connectivity index (χ1v) is 5.46. The molecule has 100 valence electrons. The molecule has 0 spiro atoms. The monoisotopic (exact) mass is 274 g/mol. The summed E-state index contributed by atoms with van der Waals surface area (Å²) in [5.41, 5.74) is 3.89. The minimum absolute atomic E-state index is 0.359. The van der Waals surface area contributed by atoms with E-state index >= 15 is 0 Å². The van der Waals surface area contributed by atoms with Crippen molar-refractivity contribution < 1.29 is 20.1 Å². The molecule has 1 aliphatic heterocycles. The summed E-state index contributed by atoms with van der Waals surface area (Å²) in [5, 5.41) is 26.6. The van der Waals surface area contributed by atoms with Crippen molar-refractivity contribution in [1.82, 2.24) is 14.5 Å². The first kappa shape index (κ1) is 15.0. The Hall–Kier alpha value is -1.36. The summed E-state index contributed by atoms with van der Waals surface area (Å²) in [4.78, 5) is 18.6. The molecule has 0 bridgehead atoms. The quantitative estimate of drug-likeness (QED) is 0.391. The molecule has 1 aliphatic rings. The van der Waals surface area contributed by atoms with Crippen LogP contribution in [0.3, 0.4) is 0 Å². The van der Waals surface area contributed by atoms with Crippen LogP contribution in [0, 0.1) is 0 Å². The Morgan fingerprint density at radius 1 is 1.30 bits per heavy atom. The van der Waals surface area contributed by atoms with E-state index in [1.54, 1.807) is 0 Å². The zero-order valence-corrected chi connectivity index (χ0v) is 10.1. The third-order valence-electron chi connectivity index (χ3n) is 2.84. The summed E-state index contributed by atoms with van der Waals surface area (Å²) in [6.45, 7) is 0. The SMILES string of the molecule is [B]c1nc(N)nc(=O)n1C1OC(C([B])([B])O)C(O)[C@@H]1O. The fourth-order valence-corrected chi connectivity index (χ4v) is 1.94. The van der Waals surface area contributed by atoms with Gasteiger partial charge in [-0.05, 0) is 0 Å². The molecule has 6 radical (unpaired) electrons. The van der Waals surface area contributed by atoms with Gasteiger partial charge in [0.25, 0.3) is 0 Å². The lowest BCUT2D eigenvalue weighted by Crippen LogP contribution is -2.50. The summed E-state index contributed by atoms with van der Waals surface area (Å²) in [6, 6.07) is 0. The normalized spacial score (nSPS) is 30.6. The highest BCUT2D eigenvalue weighted by Gasteiger charge is 2.49. The number of rotatable bonds is 2. The fraction of sp³-hybridized carbons (Fsp3) is 0.625. The van der Waals surface area contributed by atoms with E-state index in [1.165, 1.54) is 0 Å². The molecule has 4 atom stereocenters. The molecular weight excluding hydrogens is 265 g/mol. The van der Waals surface area contributed by atoms with E-state index in [-0.39, 0.29) is 5.95 Å². The molecule has 0 saturated carbocycles. The molecule has 1 aromatic heterocycles. The summed E-state index contributed by atoms with van der Waals surface area (Å²) in [6.07, 6.45) is -6.30. The van der Waals surface area contributed by atoms with Crippen molar-refractivity contribution in [3.8, 4) is 0 Å². The molecule has 9 nitrogen and oxygen atoms in total. The standard InChI is InChI=1S/C8H9B3N4O5/c9-5-13-6(12)14-7(18)15(5)4-2(17)1(16)3(20-4)8(10,11)19/h1-4,16-17,19H,(H2,12,14,18)/t1?,2-,3?,4?/m0/s1. The van der Waals surface area contributed by atoms with Crippen molar-refractivity contribution >= 4 is 35.2 Å². The van der Waals surface area contributed by atoms with E-state index < -0.39 is 41.4 Å². The number of nitrogens with zero attached hydrogens (tertiary/aromatic N) is 3. The van der Waals surface area contributed by atoms with Crippen LogP contribution in [0.25, 0.3) is 0 Å². The first-order chi connectivity index (χ1) is 9.12. The van der Waals surface area contributed by atoms with Crippen molar-refractivity contribution in [2.24, 2.45) is 0 Å². The largest absolute Gasteiger partial charge is 0.406 e. The lowest BCUT2D eigenvalue weighted by Gasteiger charge is -2.28. The molecular formula is C8H9B3N4O5. The molecule has 2 heterocycles. The van der Waals surface area contributed by atoms with Crippen LogP contribution in [-0.2, 0) is 4.74 Å². The number of hydrogen-bond donors (Lipinski definition) is 4. The zero-order valence-electron chi connectivity index (χ0n) is 10.1. The molecule has 12 heteroatoms. The van der Waals surface area contributed by atoms with Gasteiger partial charge in [0.2, 0.25) is 5.95 Å². The van der Waals surface area contributed by atoms with Crippen LogP contribution in [0.1, 0.15) is 6.23 Å². The fourth-order valence-electron chi connectivity index (χ4n) is 1.94. The van der Waals surface area contributed by atoms with Crippen molar-refractivity contribution in [2.75, 3.05) is 5.73 Å². The Bertz CT molecular complexity index is 576. The molecule has 20 heavy (non-hydrogen) atoms. The second-order valence-electron chi connectivity index (χ2n) is 4.41. The van der Waals surface area contributed by atoms with Crippen LogP contribution in [0.4, 0.5) is 5.95 Å². The van der Waals surface area contributed by atoms with E-state index in [2.05, 4.69) is 9.97 Å². The maximum absolute atomic E-state index is 11.7. The number of anilines is 1. The van der Waals surface area contributed by atoms with Gasteiger partial charge in [-0.2, -0.15) is 4.98 Å². The molecule has 3 unspecified atom stereocenters. The van der Waals surface area contributed by atoms with Gasteiger partial charge in [-0.3, -0.25) is 4.57 Å². The van der Waals surface area contributed by atoms with E-state index in [1.807, 2.05) is 0 Å². The van der Waals surface area contributed by atoms with Gasteiger partial charge in [0.15, 0.2) is 14.1 Å². The van der Waals surface area contributed by atoms with Crippen LogP contribution < -0.4 is 17.1 Å². The smallest absolute Gasteiger partial charge is 0.353 e. The maximum Gasteiger partial charge on any atom is 0.353 e. The van der Waals surface area contributed by atoms with E-state index in [0.29, 0.717) is 4.57 Å². The number of aromatic nitrogens is 3. The van der Waals surface area contributed by atoms with Gasteiger partial charge >= 0.3 is 5.69 Å². The zero-order chi connectivity index (χ0) is 15.2. The van der Waals surface area contributed by atoms with Crippen molar-refractivity contribution in [3.05, 3.63) is 10.5 Å². The van der Waals surface area contributed by atoms with Crippen LogP contribution in [0.5, 0.6) is 0 Å². The minimum Gasteiger partial charge on any atom is -0.406 e. The van der Waals surface area contributed by atoms with Gasteiger partial charge < -0.3 is 25.8 Å². The Kier molecular flexibility index (Phi) is 3.67. The second kappa shape index (κ2) is 4.88. The predicted molar refractivity (Wildman–Crippen MR) is 68.5 cm³/mol. The Balaban J connectivity index is 2.43. The highest BCUT2D eigenvalue weighted by Crippen LogP contribution is 2.31. The van der Waals surface area contributed by atoms with Gasteiger partial charge in [0.1, 0.15) is 34.0 Å². The predicted octanol–water partition coefficient (Wildman–Crippen LogP) is -5.38. The maximum atomic E-state index is 11.7. The lowest BCUT2D eigenvalue weighted by atomic mass is 9.61. The molecule has 0 aromatic carbocycles. The van der Waals surface area contributed by atoms with Crippen LogP contribution in [0.15, 0.2) is 4.79 Å². The number of nitrogens with two attached hydrogens (primary N) is 1.